The maximum Gasteiger partial charge on any atom is 0.251 e. The Morgan fingerprint density at radius 2 is 2.12 bits per heavy atom. The van der Waals surface area contributed by atoms with Crippen molar-refractivity contribution in [3.05, 3.63) is 23.9 Å². The Morgan fingerprint density at radius 3 is 2.71 bits per heavy atom. The highest BCUT2D eigenvalue weighted by Gasteiger charge is 2.07. The van der Waals surface area contributed by atoms with Gasteiger partial charge in [-0.1, -0.05) is 13.8 Å². The lowest BCUT2D eigenvalue weighted by Crippen LogP contribution is -2.27. The van der Waals surface area contributed by atoms with E-state index in [1.165, 1.54) is 13.1 Å². The van der Waals surface area contributed by atoms with Crippen LogP contribution in [0, 0.1) is 5.92 Å². The van der Waals surface area contributed by atoms with E-state index in [4.69, 9.17) is 0 Å². The molecule has 0 aromatic carbocycles. The second kappa shape index (κ2) is 5.98. The van der Waals surface area contributed by atoms with Crippen molar-refractivity contribution in [3.8, 4) is 0 Å². The number of hydrogen-bond donors (Lipinski definition) is 2. The molecule has 0 bridgehead atoms. The quantitative estimate of drug-likeness (QED) is 0.829. The molecule has 0 radical (unpaired) electrons. The van der Waals surface area contributed by atoms with Gasteiger partial charge in [0.15, 0.2) is 0 Å². The number of rotatable bonds is 4. The first-order valence-corrected chi connectivity index (χ1v) is 5.51. The average Bonchev–Trinajstić information content (AvgIpc) is 2.25. The van der Waals surface area contributed by atoms with Gasteiger partial charge in [-0.25, -0.2) is 4.98 Å². The van der Waals surface area contributed by atoms with Gasteiger partial charge in [-0.15, -0.1) is 0 Å². The number of nitrogens with zero attached hydrogens (tertiary/aromatic N) is 1. The highest BCUT2D eigenvalue weighted by atomic mass is 16.2. The number of amides is 2. The molecule has 1 aromatic heterocycles. The maximum absolute atomic E-state index is 11.7. The van der Waals surface area contributed by atoms with Crippen LogP contribution >= 0.6 is 0 Å². The van der Waals surface area contributed by atoms with Crippen molar-refractivity contribution < 1.29 is 9.59 Å². The van der Waals surface area contributed by atoms with Crippen molar-refractivity contribution >= 4 is 17.6 Å². The molecule has 2 N–H and O–H groups in total. The summed E-state index contributed by atoms with van der Waals surface area (Å²) in [5.41, 5.74) is 0.490. The lowest BCUT2D eigenvalue weighted by atomic mass is 10.2. The van der Waals surface area contributed by atoms with Crippen LogP contribution in [0.5, 0.6) is 0 Å². The molecule has 1 aromatic rings. The highest BCUT2D eigenvalue weighted by Crippen LogP contribution is 2.06. The van der Waals surface area contributed by atoms with Gasteiger partial charge < -0.3 is 10.6 Å². The van der Waals surface area contributed by atoms with Crippen molar-refractivity contribution in [2.45, 2.75) is 20.8 Å². The molecule has 0 saturated heterocycles. The second-order valence-electron chi connectivity index (χ2n) is 4.21. The van der Waals surface area contributed by atoms with E-state index < -0.39 is 0 Å². The van der Waals surface area contributed by atoms with Gasteiger partial charge in [-0.3, -0.25) is 9.59 Å². The Hall–Kier alpha value is -1.91. The number of nitrogens with one attached hydrogen (secondary N) is 2. The summed E-state index contributed by atoms with van der Waals surface area (Å²) in [7, 11) is 0. The molecule has 5 heteroatoms. The van der Waals surface area contributed by atoms with E-state index in [0.29, 0.717) is 23.8 Å². The minimum atomic E-state index is -0.211. The van der Waals surface area contributed by atoms with E-state index in [-0.39, 0.29) is 11.8 Å². The van der Waals surface area contributed by atoms with Gasteiger partial charge >= 0.3 is 0 Å². The summed E-state index contributed by atoms with van der Waals surface area (Å²) in [6.45, 7) is 6.06. The van der Waals surface area contributed by atoms with Crippen LogP contribution in [0.15, 0.2) is 18.3 Å². The van der Waals surface area contributed by atoms with E-state index in [1.807, 2.05) is 13.8 Å². The van der Waals surface area contributed by atoms with E-state index in [2.05, 4.69) is 15.6 Å². The number of carbonyl (C=O) groups excluding carboxylic acids is 2. The van der Waals surface area contributed by atoms with E-state index in [9.17, 15) is 9.59 Å². The molecule has 0 atom stereocenters. The first-order valence-electron chi connectivity index (χ1n) is 5.51. The van der Waals surface area contributed by atoms with Gasteiger partial charge in [-0.2, -0.15) is 0 Å². The number of aromatic nitrogens is 1. The molecule has 2 amide bonds. The topological polar surface area (TPSA) is 71.1 Å². The van der Waals surface area contributed by atoms with Gasteiger partial charge in [0.25, 0.3) is 5.91 Å². The van der Waals surface area contributed by atoms with Crippen LogP contribution in [-0.2, 0) is 4.79 Å². The lowest BCUT2D eigenvalue weighted by Gasteiger charge is -2.08. The molecular formula is C12H17N3O2. The fourth-order valence-corrected chi connectivity index (χ4v) is 1.22. The van der Waals surface area contributed by atoms with Crippen molar-refractivity contribution in [1.82, 2.24) is 10.3 Å². The third-order valence-corrected chi connectivity index (χ3v) is 2.00. The summed E-state index contributed by atoms with van der Waals surface area (Å²) >= 11 is 0. The SMILES string of the molecule is CC(=O)Nc1cc(C(=O)NCC(C)C)ccn1. The Labute approximate surface area is 101 Å². The normalized spacial score (nSPS) is 10.1. The summed E-state index contributed by atoms with van der Waals surface area (Å²) in [6.07, 6.45) is 1.50. The molecule has 0 aliphatic carbocycles. The van der Waals surface area contributed by atoms with Gasteiger partial charge in [0.1, 0.15) is 5.82 Å². The zero-order chi connectivity index (χ0) is 12.8. The first-order chi connectivity index (χ1) is 7.99. The van der Waals surface area contributed by atoms with Crippen LogP contribution in [0.1, 0.15) is 31.1 Å². The zero-order valence-electron chi connectivity index (χ0n) is 10.3. The zero-order valence-corrected chi connectivity index (χ0v) is 10.3. The van der Waals surface area contributed by atoms with Crippen LogP contribution in [0.3, 0.4) is 0 Å². The van der Waals surface area contributed by atoms with Crippen molar-refractivity contribution in [2.24, 2.45) is 5.92 Å². The maximum atomic E-state index is 11.7. The van der Waals surface area contributed by atoms with Crippen LogP contribution in [0.25, 0.3) is 0 Å². The molecule has 1 rings (SSSR count). The molecule has 1 heterocycles. The molecule has 17 heavy (non-hydrogen) atoms. The summed E-state index contributed by atoms with van der Waals surface area (Å²) in [6, 6.07) is 3.16. The number of pyridine rings is 1. The van der Waals surface area contributed by atoms with Crippen molar-refractivity contribution in [1.29, 1.82) is 0 Å². The number of carbonyl (C=O) groups is 2. The van der Waals surface area contributed by atoms with Gasteiger partial charge in [0.05, 0.1) is 0 Å². The predicted molar refractivity (Wildman–Crippen MR) is 65.7 cm³/mol. The average molecular weight is 235 g/mol. The van der Waals surface area contributed by atoms with Crippen molar-refractivity contribution in [2.75, 3.05) is 11.9 Å². The minimum absolute atomic E-state index is 0.160. The summed E-state index contributed by atoms with van der Waals surface area (Å²) in [4.78, 5) is 26.5. The molecule has 0 spiro atoms. The first kappa shape index (κ1) is 13.2. The summed E-state index contributed by atoms with van der Waals surface area (Å²) < 4.78 is 0. The molecule has 92 valence electrons. The number of anilines is 1. The smallest absolute Gasteiger partial charge is 0.251 e. The molecule has 0 fully saturated rings. The highest BCUT2D eigenvalue weighted by molar-refractivity contribution is 5.96. The molecule has 0 aliphatic heterocycles. The third-order valence-electron chi connectivity index (χ3n) is 2.00. The Morgan fingerprint density at radius 1 is 1.41 bits per heavy atom. The Balaban J connectivity index is 2.70. The molecule has 0 aliphatic rings. The van der Waals surface area contributed by atoms with E-state index >= 15 is 0 Å². The third kappa shape index (κ3) is 4.63. The van der Waals surface area contributed by atoms with Gasteiger partial charge in [0.2, 0.25) is 5.91 Å². The predicted octanol–water partition coefficient (Wildman–Crippen LogP) is 1.43. The minimum Gasteiger partial charge on any atom is -0.352 e. The van der Waals surface area contributed by atoms with Crippen LogP contribution < -0.4 is 10.6 Å². The van der Waals surface area contributed by atoms with E-state index in [0.717, 1.165) is 0 Å². The van der Waals surface area contributed by atoms with Gasteiger partial charge in [0, 0.05) is 25.2 Å². The molecule has 0 unspecified atom stereocenters. The molecule has 0 saturated carbocycles. The standard InChI is InChI=1S/C12H17N3O2/c1-8(2)7-14-12(17)10-4-5-13-11(6-10)15-9(3)16/h4-6,8H,7H2,1-3H3,(H,14,17)(H,13,15,16). The van der Waals surface area contributed by atoms with E-state index in [1.54, 1.807) is 12.1 Å². The molecule has 5 nitrogen and oxygen atoms in total. The van der Waals surface area contributed by atoms with Crippen LogP contribution in [0.4, 0.5) is 5.82 Å². The monoisotopic (exact) mass is 235 g/mol. The lowest BCUT2D eigenvalue weighted by molar-refractivity contribution is -0.114. The van der Waals surface area contributed by atoms with Crippen molar-refractivity contribution in [3.63, 3.8) is 0 Å². The summed E-state index contributed by atoms with van der Waals surface area (Å²) in [5.74, 6) is 0.412. The molecular weight excluding hydrogens is 218 g/mol. The Bertz CT molecular complexity index is 416. The van der Waals surface area contributed by atoms with Crippen LogP contribution in [0.2, 0.25) is 0 Å². The fraction of sp³-hybridized carbons (Fsp3) is 0.417. The summed E-state index contributed by atoms with van der Waals surface area (Å²) in [5, 5.41) is 5.33. The van der Waals surface area contributed by atoms with Gasteiger partial charge in [-0.05, 0) is 18.1 Å². The largest absolute Gasteiger partial charge is 0.352 e. The Kier molecular flexibility index (Phi) is 4.63. The number of hydrogen-bond acceptors (Lipinski definition) is 3. The van der Waals surface area contributed by atoms with Crippen LogP contribution in [-0.4, -0.2) is 23.3 Å². The fourth-order valence-electron chi connectivity index (χ4n) is 1.22. The second-order valence-corrected chi connectivity index (χ2v) is 4.21.